The molecule has 0 spiro atoms. The molecule has 0 bridgehead atoms. The maximum atomic E-state index is 11.9. The molecule has 0 radical (unpaired) electrons. The summed E-state index contributed by atoms with van der Waals surface area (Å²) in [7, 11) is 0. The van der Waals surface area contributed by atoms with E-state index in [1.807, 2.05) is 0 Å². The highest BCUT2D eigenvalue weighted by atomic mass is 16.5. The van der Waals surface area contributed by atoms with Crippen LogP contribution in [-0.2, 0) is 4.79 Å². The van der Waals surface area contributed by atoms with Crippen molar-refractivity contribution in [3.8, 4) is 5.75 Å². The second-order valence-corrected chi connectivity index (χ2v) is 5.64. The Labute approximate surface area is 117 Å². The van der Waals surface area contributed by atoms with Gasteiger partial charge in [-0.15, -0.1) is 0 Å². The summed E-state index contributed by atoms with van der Waals surface area (Å²) in [5, 5.41) is 10.4. The monoisotopic (exact) mass is 272 g/mol. The van der Waals surface area contributed by atoms with Crippen LogP contribution in [0.2, 0.25) is 0 Å². The zero-order chi connectivity index (χ0) is 14.9. The largest absolute Gasteiger partial charge is 0.478 e. The highest BCUT2D eigenvalue weighted by molar-refractivity contribution is 5.97. The van der Waals surface area contributed by atoms with Crippen molar-refractivity contribution in [3.05, 3.63) is 42.0 Å². The summed E-state index contributed by atoms with van der Waals surface area (Å²) in [6, 6.07) is 9.94. The van der Waals surface area contributed by atoms with Gasteiger partial charge in [-0.05, 0) is 50.4 Å². The first-order chi connectivity index (χ1) is 9.29. The van der Waals surface area contributed by atoms with E-state index < -0.39 is 11.4 Å². The van der Waals surface area contributed by atoms with Crippen LogP contribution in [0.3, 0.4) is 0 Å². The molecule has 0 amide bonds. The van der Waals surface area contributed by atoms with E-state index >= 15 is 0 Å². The van der Waals surface area contributed by atoms with Crippen LogP contribution in [0.25, 0.3) is 10.8 Å². The summed E-state index contributed by atoms with van der Waals surface area (Å²) in [5.74, 6) is -0.865. The van der Waals surface area contributed by atoms with Crippen molar-refractivity contribution in [3.63, 3.8) is 0 Å². The van der Waals surface area contributed by atoms with Gasteiger partial charge in [-0.3, -0.25) is 4.79 Å². The zero-order valence-corrected chi connectivity index (χ0v) is 11.6. The Morgan fingerprint density at radius 3 is 2.40 bits per heavy atom. The number of esters is 1. The minimum atomic E-state index is -0.982. The number of fused-ring (bicyclic) bond motifs is 1. The topological polar surface area (TPSA) is 63.6 Å². The molecule has 2 aromatic carbocycles. The summed E-state index contributed by atoms with van der Waals surface area (Å²) in [4.78, 5) is 22.9. The maximum Gasteiger partial charge on any atom is 0.335 e. The Morgan fingerprint density at radius 2 is 1.80 bits per heavy atom. The van der Waals surface area contributed by atoms with Crippen molar-refractivity contribution < 1.29 is 19.4 Å². The second-order valence-electron chi connectivity index (χ2n) is 5.64. The van der Waals surface area contributed by atoms with Crippen LogP contribution in [0.15, 0.2) is 36.4 Å². The van der Waals surface area contributed by atoms with Crippen LogP contribution in [0.1, 0.15) is 31.1 Å². The predicted molar refractivity (Wildman–Crippen MR) is 76.0 cm³/mol. The zero-order valence-electron chi connectivity index (χ0n) is 11.6. The lowest BCUT2D eigenvalue weighted by atomic mass is 9.97. The summed E-state index contributed by atoms with van der Waals surface area (Å²) >= 11 is 0. The summed E-state index contributed by atoms with van der Waals surface area (Å²) in [5.41, 5.74) is -0.389. The quantitative estimate of drug-likeness (QED) is 0.671. The van der Waals surface area contributed by atoms with Gasteiger partial charge in [-0.25, -0.2) is 4.79 Å². The molecule has 0 unspecified atom stereocenters. The van der Waals surface area contributed by atoms with E-state index in [9.17, 15) is 9.59 Å². The molecular weight excluding hydrogens is 256 g/mol. The van der Waals surface area contributed by atoms with Gasteiger partial charge in [0.05, 0.1) is 11.0 Å². The lowest BCUT2D eigenvalue weighted by Crippen LogP contribution is -2.25. The van der Waals surface area contributed by atoms with Gasteiger partial charge in [0, 0.05) is 5.39 Å². The van der Waals surface area contributed by atoms with Gasteiger partial charge in [-0.2, -0.15) is 0 Å². The first-order valence-corrected chi connectivity index (χ1v) is 6.27. The molecule has 1 N–H and O–H groups in total. The number of ether oxygens (including phenoxy) is 1. The standard InChI is InChI=1S/C16H16O4/c1-16(2,3)15(19)20-13-6-4-5-10-9-11(14(17)18)7-8-12(10)13/h4-9H,1-3H3,(H,17,18). The fraction of sp³-hybridized carbons (Fsp3) is 0.250. The van der Waals surface area contributed by atoms with Crippen LogP contribution in [0.5, 0.6) is 5.75 Å². The minimum Gasteiger partial charge on any atom is -0.478 e. The highest BCUT2D eigenvalue weighted by Crippen LogP contribution is 2.28. The predicted octanol–water partition coefficient (Wildman–Crippen LogP) is 3.49. The Kier molecular flexibility index (Phi) is 3.49. The van der Waals surface area contributed by atoms with Crippen molar-refractivity contribution >= 4 is 22.7 Å². The van der Waals surface area contributed by atoms with E-state index in [4.69, 9.17) is 9.84 Å². The van der Waals surface area contributed by atoms with Crippen LogP contribution in [0.4, 0.5) is 0 Å². The van der Waals surface area contributed by atoms with Crippen LogP contribution < -0.4 is 4.74 Å². The lowest BCUT2D eigenvalue weighted by Gasteiger charge is -2.17. The molecule has 0 saturated heterocycles. The van der Waals surface area contributed by atoms with Crippen LogP contribution in [-0.4, -0.2) is 17.0 Å². The molecule has 104 valence electrons. The van der Waals surface area contributed by atoms with Gasteiger partial charge < -0.3 is 9.84 Å². The van der Waals surface area contributed by atoms with E-state index in [2.05, 4.69) is 0 Å². The lowest BCUT2D eigenvalue weighted by molar-refractivity contribution is -0.142. The number of carboxylic acids is 1. The SMILES string of the molecule is CC(C)(C)C(=O)Oc1cccc2cc(C(=O)O)ccc12. The van der Waals surface area contributed by atoms with Crippen LogP contribution >= 0.6 is 0 Å². The molecule has 0 aliphatic carbocycles. The number of carbonyl (C=O) groups excluding carboxylic acids is 1. The number of rotatable bonds is 2. The smallest absolute Gasteiger partial charge is 0.335 e. The number of hydrogen-bond acceptors (Lipinski definition) is 3. The fourth-order valence-corrected chi connectivity index (χ4v) is 1.73. The molecule has 0 fully saturated rings. The Hall–Kier alpha value is -2.36. The molecule has 0 heterocycles. The normalized spacial score (nSPS) is 11.3. The Balaban J connectivity index is 2.45. The first-order valence-electron chi connectivity index (χ1n) is 6.27. The third kappa shape index (κ3) is 2.79. The van der Waals surface area contributed by atoms with Gasteiger partial charge >= 0.3 is 11.9 Å². The minimum absolute atomic E-state index is 0.205. The molecule has 0 aromatic heterocycles. The first kappa shape index (κ1) is 14.1. The number of carbonyl (C=O) groups is 2. The van der Waals surface area contributed by atoms with Crippen LogP contribution in [0, 0.1) is 5.41 Å². The average molecular weight is 272 g/mol. The van der Waals surface area contributed by atoms with E-state index in [1.165, 1.54) is 6.07 Å². The van der Waals surface area contributed by atoms with Gasteiger partial charge in [0.1, 0.15) is 5.75 Å². The fourth-order valence-electron chi connectivity index (χ4n) is 1.73. The molecule has 2 aromatic rings. The second kappa shape index (κ2) is 4.96. The third-order valence-electron chi connectivity index (χ3n) is 2.90. The number of benzene rings is 2. The van der Waals surface area contributed by atoms with E-state index in [0.29, 0.717) is 5.75 Å². The molecule has 2 rings (SSSR count). The number of aromatic carboxylic acids is 1. The number of carboxylic acid groups (broad SMARTS) is 1. The maximum absolute atomic E-state index is 11.9. The van der Waals surface area contributed by atoms with Gasteiger partial charge in [0.15, 0.2) is 0 Å². The molecular formula is C16H16O4. The highest BCUT2D eigenvalue weighted by Gasteiger charge is 2.24. The van der Waals surface area contributed by atoms with Crippen molar-refractivity contribution in [2.45, 2.75) is 20.8 Å². The molecule has 0 atom stereocenters. The van der Waals surface area contributed by atoms with E-state index in [-0.39, 0.29) is 11.5 Å². The van der Waals surface area contributed by atoms with Crippen molar-refractivity contribution in [1.29, 1.82) is 0 Å². The summed E-state index contributed by atoms with van der Waals surface area (Å²) in [6.45, 7) is 5.34. The summed E-state index contributed by atoms with van der Waals surface area (Å²) in [6.07, 6.45) is 0. The Bertz CT molecular complexity index is 680. The molecule has 20 heavy (non-hydrogen) atoms. The third-order valence-corrected chi connectivity index (χ3v) is 2.90. The molecule has 4 nitrogen and oxygen atoms in total. The van der Waals surface area contributed by atoms with Gasteiger partial charge in [0.25, 0.3) is 0 Å². The average Bonchev–Trinajstić information content (AvgIpc) is 2.37. The van der Waals surface area contributed by atoms with Gasteiger partial charge in [-0.1, -0.05) is 12.1 Å². The summed E-state index contributed by atoms with van der Waals surface area (Å²) < 4.78 is 5.41. The molecule has 0 saturated carbocycles. The van der Waals surface area contributed by atoms with Crippen molar-refractivity contribution in [2.24, 2.45) is 5.41 Å². The molecule has 4 heteroatoms. The number of hydrogen-bond donors (Lipinski definition) is 1. The Morgan fingerprint density at radius 1 is 1.10 bits per heavy atom. The van der Waals surface area contributed by atoms with E-state index in [1.54, 1.807) is 51.1 Å². The molecule has 0 aliphatic rings. The van der Waals surface area contributed by atoms with Gasteiger partial charge in [0.2, 0.25) is 0 Å². The molecule has 0 aliphatic heterocycles. The van der Waals surface area contributed by atoms with Crippen molar-refractivity contribution in [1.82, 2.24) is 0 Å². The van der Waals surface area contributed by atoms with E-state index in [0.717, 1.165) is 10.8 Å². The van der Waals surface area contributed by atoms with Crippen molar-refractivity contribution in [2.75, 3.05) is 0 Å².